The van der Waals surface area contributed by atoms with Gasteiger partial charge in [-0.05, 0) is 38.3 Å². The van der Waals surface area contributed by atoms with Crippen LogP contribution in [0.25, 0.3) is 22.2 Å². The highest BCUT2D eigenvalue weighted by molar-refractivity contribution is 5.93. The van der Waals surface area contributed by atoms with Crippen LogP contribution in [0.2, 0.25) is 0 Å². The van der Waals surface area contributed by atoms with E-state index in [1.54, 1.807) is 30.9 Å². The van der Waals surface area contributed by atoms with Crippen LogP contribution in [0.5, 0.6) is 0 Å². The van der Waals surface area contributed by atoms with Crippen LogP contribution in [-0.2, 0) is 18.8 Å². The van der Waals surface area contributed by atoms with Crippen molar-refractivity contribution in [1.82, 2.24) is 24.3 Å². The van der Waals surface area contributed by atoms with Crippen LogP contribution in [0.1, 0.15) is 36.8 Å². The van der Waals surface area contributed by atoms with E-state index in [-0.39, 0.29) is 39.4 Å². The van der Waals surface area contributed by atoms with Crippen LogP contribution in [0.3, 0.4) is 0 Å². The molecule has 192 valence electrons. The molecule has 8 nitrogen and oxygen atoms in total. The molecule has 1 saturated carbocycles. The standard InChI is InChI=1S/C26H25F3N6O2/c1-14-31-24-17(25(36)34(14)3)8-22(32-23(24)16-7-19(28)20(29)9-18(16)27)35-12-21(15-10-30-33(2)11-15)37-26(13-35)5-4-6-26/h7-11,21H,4-6,12-13H2,1-3H3. The van der Waals surface area contributed by atoms with Gasteiger partial charge in [-0.15, -0.1) is 0 Å². The minimum absolute atomic E-state index is 0.0169. The molecule has 0 amide bonds. The van der Waals surface area contributed by atoms with Crippen LogP contribution >= 0.6 is 0 Å². The summed E-state index contributed by atoms with van der Waals surface area (Å²) >= 11 is 0. The van der Waals surface area contributed by atoms with Crippen molar-refractivity contribution in [3.8, 4) is 11.3 Å². The summed E-state index contributed by atoms with van der Waals surface area (Å²) in [6, 6.07) is 2.88. The van der Waals surface area contributed by atoms with E-state index in [1.165, 1.54) is 4.57 Å². The third kappa shape index (κ3) is 3.88. The predicted octanol–water partition coefficient (Wildman–Crippen LogP) is 3.96. The van der Waals surface area contributed by atoms with E-state index in [2.05, 4.69) is 10.1 Å². The number of fused-ring (bicyclic) bond motifs is 1. The zero-order valence-electron chi connectivity index (χ0n) is 20.6. The molecule has 2 fully saturated rings. The van der Waals surface area contributed by atoms with Gasteiger partial charge < -0.3 is 9.64 Å². The summed E-state index contributed by atoms with van der Waals surface area (Å²) in [6.07, 6.45) is 6.16. The monoisotopic (exact) mass is 510 g/mol. The summed E-state index contributed by atoms with van der Waals surface area (Å²) in [5.41, 5.74) is 0.0483. The Morgan fingerprint density at radius 2 is 1.81 bits per heavy atom. The van der Waals surface area contributed by atoms with Gasteiger partial charge >= 0.3 is 0 Å². The molecule has 4 aromatic rings. The third-order valence-electron chi connectivity index (χ3n) is 7.48. The Labute approximate surface area is 210 Å². The van der Waals surface area contributed by atoms with Gasteiger partial charge in [-0.3, -0.25) is 14.0 Å². The van der Waals surface area contributed by atoms with Gasteiger partial charge in [0.2, 0.25) is 0 Å². The van der Waals surface area contributed by atoms with E-state index in [9.17, 15) is 18.0 Å². The molecule has 1 aliphatic carbocycles. The summed E-state index contributed by atoms with van der Waals surface area (Å²) < 4.78 is 52.6. The maximum absolute atomic E-state index is 15.0. The Kier molecular flexibility index (Phi) is 5.37. The molecule has 0 N–H and O–H groups in total. The Balaban J connectivity index is 1.55. The Morgan fingerprint density at radius 3 is 2.49 bits per heavy atom. The molecule has 1 aromatic carbocycles. The van der Waals surface area contributed by atoms with Crippen molar-refractivity contribution in [2.45, 2.75) is 37.9 Å². The molecule has 2 aliphatic rings. The molecular weight excluding hydrogens is 485 g/mol. The van der Waals surface area contributed by atoms with Gasteiger partial charge in [-0.1, -0.05) is 0 Å². The molecule has 3 aromatic heterocycles. The second-order valence-electron chi connectivity index (χ2n) is 9.97. The second-order valence-corrected chi connectivity index (χ2v) is 9.97. The molecule has 1 aliphatic heterocycles. The molecule has 1 atom stereocenters. The molecule has 11 heteroatoms. The highest BCUT2D eigenvalue weighted by atomic mass is 19.2. The van der Waals surface area contributed by atoms with E-state index in [0.29, 0.717) is 30.8 Å². The number of ether oxygens (including phenoxy) is 1. The molecule has 1 saturated heterocycles. The zero-order valence-corrected chi connectivity index (χ0v) is 20.6. The zero-order chi connectivity index (χ0) is 26.1. The average Bonchev–Trinajstić information content (AvgIpc) is 3.29. The van der Waals surface area contributed by atoms with Crippen LogP contribution in [0, 0.1) is 24.4 Å². The summed E-state index contributed by atoms with van der Waals surface area (Å²) in [6.45, 7) is 2.59. The van der Waals surface area contributed by atoms with Gasteiger partial charge in [-0.2, -0.15) is 5.10 Å². The van der Waals surface area contributed by atoms with Crippen LogP contribution in [0.4, 0.5) is 19.0 Å². The minimum Gasteiger partial charge on any atom is -0.363 e. The van der Waals surface area contributed by atoms with Crippen molar-refractivity contribution in [1.29, 1.82) is 0 Å². The fourth-order valence-corrected chi connectivity index (χ4v) is 5.21. The Morgan fingerprint density at radius 1 is 1.05 bits per heavy atom. The van der Waals surface area contributed by atoms with Crippen LogP contribution in [-0.4, -0.2) is 43.0 Å². The van der Waals surface area contributed by atoms with E-state index in [0.717, 1.165) is 30.9 Å². The lowest BCUT2D eigenvalue weighted by atomic mass is 9.78. The first-order chi connectivity index (χ1) is 17.6. The molecule has 6 rings (SSSR count). The van der Waals surface area contributed by atoms with E-state index in [4.69, 9.17) is 9.72 Å². The Bertz CT molecular complexity index is 1610. The van der Waals surface area contributed by atoms with Gasteiger partial charge in [-0.25, -0.2) is 23.1 Å². The maximum atomic E-state index is 15.0. The normalized spacial score (nSPS) is 19.0. The molecule has 4 heterocycles. The largest absolute Gasteiger partial charge is 0.363 e. The van der Waals surface area contributed by atoms with Crippen molar-refractivity contribution >= 4 is 16.7 Å². The highest BCUT2D eigenvalue weighted by Crippen LogP contribution is 2.45. The molecule has 1 unspecified atom stereocenters. The first-order valence-electron chi connectivity index (χ1n) is 12.1. The smallest absolute Gasteiger partial charge is 0.261 e. The lowest BCUT2D eigenvalue weighted by Gasteiger charge is -2.51. The summed E-state index contributed by atoms with van der Waals surface area (Å²) in [7, 11) is 3.43. The summed E-state index contributed by atoms with van der Waals surface area (Å²) in [5.74, 6) is -2.71. The lowest BCUT2D eigenvalue weighted by Crippen LogP contribution is -2.56. The second kappa shape index (κ2) is 8.41. The number of anilines is 1. The van der Waals surface area contributed by atoms with Crippen molar-refractivity contribution < 1.29 is 17.9 Å². The first-order valence-corrected chi connectivity index (χ1v) is 12.1. The first kappa shape index (κ1) is 23.7. The molecule has 0 radical (unpaired) electrons. The topological polar surface area (TPSA) is 78.1 Å². The molecule has 1 spiro atoms. The number of pyridine rings is 1. The van der Waals surface area contributed by atoms with Gasteiger partial charge in [0.05, 0.1) is 23.7 Å². The van der Waals surface area contributed by atoms with Crippen LogP contribution < -0.4 is 10.5 Å². The quantitative estimate of drug-likeness (QED) is 0.389. The predicted molar refractivity (Wildman–Crippen MR) is 131 cm³/mol. The number of benzene rings is 1. The third-order valence-corrected chi connectivity index (χ3v) is 7.48. The van der Waals surface area contributed by atoms with E-state index < -0.39 is 17.5 Å². The highest BCUT2D eigenvalue weighted by Gasteiger charge is 2.46. The summed E-state index contributed by atoms with van der Waals surface area (Å²) in [4.78, 5) is 24.5. The molecular formula is C26H25F3N6O2. The summed E-state index contributed by atoms with van der Waals surface area (Å²) in [5, 5.41) is 4.49. The number of halogens is 3. The number of morpholine rings is 1. The van der Waals surface area contributed by atoms with Gasteiger partial charge in [0.1, 0.15) is 34.8 Å². The minimum atomic E-state index is -1.30. The van der Waals surface area contributed by atoms with Crippen molar-refractivity contribution in [3.05, 3.63) is 69.8 Å². The average molecular weight is 511 g/mol. The van der Waals surface area contributed by atoms with Gasteiger partial charge in [0, 0.05) is 44.0 Å². The number of hydrogen-bond acceptors (Lipinski definition) is 6. The molecule has 0 bridgehead atoms. The SMILES string of the molecule is Cc1nc2c(-c3cc(F)c(F)cc3F)nc(N3CC(c4cnn(C)c4)OC4(CCC4)C3)cc2c(=O)n1C. The maximum Gasteiger partial charge on any atom is 0.261 e. The van der Waals surface area contributed by atoms with Crippen molar-refractivity contribution in [2.75, 3.05) is 18.0 Å². The lowest BCUT2D eigenvalue weighted by molar-refractivity contribution is -0.150. The number of rotatable bonds is 3. The van der Waals surface area contributed by atoms with E-state index >= 15 is 0 Å². The van der Waals surface area contributed by atoms with Crippen LogP contribution in [0.15, 0.2) is 35.4 Å². The van der Waals surface area contributed by atoms with Gasteiger partial charge in [0.25, 0.3) is 5.56 Å². The number of aryl methyl sites for hydroxylation is 2. The number of hydrogen-bond donors (Lipinski definition) is 0. The number of aromatic nitrogens is 5. The van der Waals surface area contributed by atoms with Crippen molar-refractivity contribution in [2.24, 2.45) is 14.1 Å². The fraction of sp³-hybridized carbons (Fsp3) is 0.385. The molecule has 37 heavy (non-hydrogen) atoms. The Hall–Kier alpha value is -3.73. The van der Waals surface area contributed by atoms with E-state index in [1.807, 2.05) is 18.1 Å². The van der Waals surface area contributed by atoms with Crippen molar-refractivity contribution in [3.63, 3.8) is 0 Å². The number of nitrogens with zero attached hydrogens (tertiary/aromatic N) is 6. The fourth-order valence-electron chi connectivity index (χ4n) is 5.21. The van der Waals surface area contributed by atoms with Gasteiger partial charge in [0.15, 0.2) is 11.6 Å².